The topological polar surface area (TPSA) is 46.6 Å². The third-order valence-corrected chi connectivity index (χ3v) is 4.90. The molecule has 0 fully saturated rings. The number of rotatable bonds is 4. The predicted molar refractivity (Wildman–Crippen MR) is 100 cm³/mol. The van der Waals surface area contributed by atoms with Crippen LogP contribution in [0, 0.1) is 12.7 Å². The van der Waals surface area contributed by atoms with Gasteiger partial charge in [-0.1, -0.05) is 42.0 Å². The molecule has 3 rings (SSSR count). The number of benzene rings is 2. The van der Waals surface area contributed by atoms with Gasteiger partial charge in [0.05, 0.1) is 19.2 Å². The lowest BCUT2D eigenvalue weighted by molar-refractivity contribution is -0.138. The van der Waals surface area contributed by atoms with Crippen LogP contribution < -0.4 is 0 Å². The largest absolute Gasteiger partial charge is 0.466 e. The first kappa shape index (κ1) is 18.8. The fraction of sp³-hybridized carbons (Fsp3) is 0.273. The maximum Gasteiger partial charge on any atom is 0.336 e. The molecule has 4 nitrogen and oxygen atoms in total. The number of aryl methyl sites for hydroxylation is 1. The molecule has 0 aliphatic carbocycles. The molecule has 2 aromatic rings. The van der Waals surface area contributed by atoms with Crippen molar-refractivity contribution in [2.24, 2.45) is 0 Å². The van der Waals surface area contributed by atoms with Crippen molar-refractivity contribution in [2.45, 2.75) is 32.7 Å². The van der Waals surface area contributed by atoms with Crippen LogP contribution in [0.15, 0.2) is 59.8 Å². The Morgan fingerprint density at radius 1 is 1.19 bits per heavy atom. The van der Waals surface area contributed by atoms with Crippen LogP contribution in [0.25, 0.3) is 0 Å². The van der Waals surface area contributed by atoms with Gasteiger partial charge in [0.2, 0.25) is 5.91 Å². The zero-order valence-electron chi connectivity index (χ0n) is 15.7. The highest BCUT2D eigenvalue weighted by molar-refractivity contribution is 5.95. The Hall–Kier alpha value is -2.95. The molecule has 0 spiro atoms. The number of hydrogen-bond acceptors (Lipinski definition) is 3. The van der Waals surface area contributed by atoms with Gasteiger partial charge in [-0.25, -0.2) is 9.18 Å². The fourth-order valence-electron chi connectivity index (χ4n) is 3.57. The van der Waals surface area contributed by atoms with Crippen molar-refractivity contribution in [3.8, 4) is 0 Å². The van der Waals surface area contributed by atoms with E-state index in [2.05, 4.69) is 0 Å². The molecule has 0 aromatic heterocycles. The predicted octanol–water partition coefficient (Wildman–Crippen LogP) is 4.10. The first-order chi connectivity index (χ1) is 12.9. The second-order valence-corrected chi connectivity index (χ2v) is 6.77. The van der Waals surface area contributed by atoms with Gasteiger partial charge in [-0.2, -0.15) is 0 Å². The van der Waals surface area contributed by atoms with Gasteiger partial charge in [0.25, 0.3) is 0 Å². The lowest BCUT2D eigenvalue weighted by Gasteiger charge is -2.34. The van der Waals surface area contributed by atoms with E-state index in [1.165, 1.54) is 24.1 Å². The minimum absolute atomic E-state index is 0.101. The maximum atomic E-state index is 13.5. The Morgan fingerprint density at radius 2 is 1.93 bits per heavy atom. The Kier molecular flexibility index (Phi) is 5.40. The molecule has 1 aliphatic rings. The van der Waals surface area contributed by atoms with Crippen molar-refractivity contribution in [3.05, 3.63) is 82.3 Å². The van der Waals surface area contributed by atoms with Crippen molar-refractivity contribution in [1.29, 1.82) is 0 Å². The summed E-state index contributed by atoms with van der Waals surface area (Å²) in [7, 11) is 1.34. The summed E-state index contributed by atoms with van der Waals surface area (Å²) in [6.07, 6.45) is 0.167. The van der Waals surface area contributed by atoms with E-state index < -0.39 is 5.97 Å². The lowest BCUT2D eigenvalue weighted by Crippen LogP contribution is -2.38. The standard InChI is InChI=1S/C22H22FNO3/c1-14-6-4-8-17(10-14)19-12-20(25)24(15(2)21(19)22(26)27-3)13-16-7-5-9-18(23)11-16/h4-11,19H,12-13H2,1-3H3/t19-/m1/s1. The zero-order valence-corrected chi connectivity index (χ0v) is 15.7. The summed E-state index contributed by atoms with van der Waals surface area (Å²) in [5.41, 5.74) is 3.66. The molecular weight excluding hydrogens is 345 g/mol. The van der Waals surface area contributed by atoms with Crippen LogP contribution in [0.3, 0.4) is 0 Å². The number of ether oxygens (including phenoxy) is 1. The van der Waals surface area contributed by atoms with Crippen molar-refractivity contribution < 1.29 is 18.7 Å². The Bertz CT molecular complexity index is 919. The highest BCUT2D eigenvalue weighted by atomic mass is 19.1. The molecule has 1 atom stereocenters. The molecular formula is C22H22FNO3. The summed E-state index contributed by atoms with van der Waals surface area (Å²) in [5, 5.41) is 0. The Balaban J connectivity index is 2.03. The molecule has 0 saturated carbocycles. The highest BCUT2D eigenvalue weighted by Gasteiger charge is 2.36. The molecule has 1 amide bonds. The Morgan fingerprint density at radius 3 is 2.59 bits per heavy atom. The molecule has 0 N–H and O–H groups in total. The monoisotopic (exact) mass is 367 g/mol. The molecule has 0 unspecified atom stereocenters. The molecule has 27 heavy (non-hydrogen) atoms. The number of hydrogen-bond donors (Lipinski definition) is 0. The van der Waals surface area contributed by atoms with Crippen LogP contribution in [0.4, 0.5) is 4.39 Å². The average Bonchev–Trinajstić information content (AvgIpc) is 2.64. The summed E-state index contributed by atoms with van der Waals surface area (Å²) in [4.78, 5) is 26.9. The number of methoxy groups -OCH3 is 1. The van der Waals surface area contributed by atoms with Gasteiger partial charge in [0.15, 0.2) is 0 Å². The third-order valence-electron chi connectivity index (χ3n) is 4.90. The van der Waals surface area contributed by atoms with Gasteiger partial charge in [-0.15, -0.1) is 0 Å². The Labute approximate surface area is 158 Å². The smallest absolute Gasteiger partial charge is 0.336 e. The van der Waals surface area contributed by atoms with E-state index >= 15 is 0 Å². The van der Waals surface area contributed by atoms with Crippen molar-refractivity contribution in [1.82, 2.24) is 4.90 Å². The van der Waals surface area contributed by atoms with Crippen molar-refractivity contribution in [2.75, 3.05) is 7.11 Å². The van der Waals surface area contributed by atoms with E-state index in [1.807, 2.05) is 31.2 Å². The van der Waals surface area contributed by atoms with Gasteiger partial charge >= 0.3 is 5.97 Å². The van der Waals surface area contributed by atoms with E-state index in [-0.39, 0.29) is 30.6 Å². The number of halogens is 1. The molecule has 0 saturated heterocycles. The zero-order chi connectivity index (χ0) is 19.6. The number of carbonyl (C=O) groups excluding carboxylic acids is 2. The normalized spacial score (nSPS) is 17.3. The SMILES string of the molecule is COC(=O)C1=C(C)N(Cc2cccc(F)c2)C(=O)C[C@@H]1c1cccc(C)c1. The summed E-state index contributed by atoms with van der Waals surface area (Å²) in [5.74, 6) is -1.26. The van der Waals surface area contributed by atoms with Gasteiger partial charge in [-0.05, 0) is 37.1 Å². The number of nitrogens with zero attached hydrogens (tertiary/aromatic N) is 1. The van der Waals surface area contributed by atoms with Gasteiger partial charge in [0, 0.05) is 18.0 Å². The number of esters is 1. The molecule has 140 valence electrons. The van der Waals surface area contributed by atoms with E-state index in [0.29, 0.717) is 16.8 Å². The average molecular weight is 367 g/mol. The van der Waals surface area contributed by atoms with Crippen molar-refractivity contribution >= 4 is 11.9 Å². The number of carbonyl (C=O) groups is 2. The van der Waals surface area contributed by atoms with Crippen LogP contribution in [0.2, 0.25) is 0 Å². The molecule has 0 radical (unpaired) electrons. The van der Waals surface area contributed by atoms with Crippen LogP contribution in [0.1, 0.15) is 36.0 Å². The quantitative estimate of drug-likeness (QED) is 0.765. The fourth-order valence-corrected chi connectivity index (χ4v) is 3.57. The van der Waals surface area contributed by atoms with E-state index in [9.17, 15) is 14.0 Å². The van der Waals surface area contributed by atoms with E-state index in [1.54, 1.807) is 19.1 Å². The summed E-state index contributed by atoms with van der Waals surface area (Å²) < 4.78 is 18.5. The van der Waals surface area contributed by atoms with E-state index in [0.717, 1.165) is 11.1 Å². The number of allylic oxidation sites excluding steroid dienone is 1. The summed E-state index contributed by atoms with van der Waals surface area (Å²) in [6.45, 7) is 3.92. The molecule has 2 aromatic carbocycles. The van der Waals surface area contributed by atoms with Gasteiger partial charge in [-0.3, -0.25) is 4.79 Å². The van der Waals surface area contributed by atoms with Gasteiger partial charge in [0.1, 0.15) is 5.82 Å². The second-order valence-electron chi connectivity index (χ2n) is 6.77. The maximum absolute atomic E-state index is 13.5. The summed E-state index contributed by atoms with van der Waals surface area (Å²) in [6, 6.07) is 13.9. The first-order valence-electron chi connectivity index (χ1n) is 8.81. The van der Waals surface area contributed by atoms with Crippen LogP contribution in [-0.2, 0) is 20.9 Å². The molecule has 1 heterocycles. The lowest BCUT2D eigenvalue weighted by atomic mass is 9.83. The third kappa shape index (κ3) is 3.92. The highest BCUT2D eigenvalue weighted by Crippen LogP contribution is 2.37. The molecule has 1 aliphatic heterocycles. The van der Waals surface area contributed by atoms with Crippen LogP contribution >= 0.6 is 0 Å². The van der Waals surface area contributed by atoms with Crippen molar-refractivity contribution in [3.63, 3.8) is 0 Å². The first-order valence-corrected chi connectivity index (χ1v) is 8.81. The summed E-state index contributed by atoms with van der Waals surface area (Å²) >= 11 is 0. The minimum atomic E-state index is -0.448. The van der Waals surface area contributed by atoms with E-state index in [4.69, 9.17) is 4.74 Å². The van der Waals surface area contributed by atoms with Crippen LogP contribution in [0.5, 0.6) is 0 Å². The minimum Gasteiger partial charge on any atom is -0.466 e. The molecule has 5 heteroatoms. The number of amides is 1. The van der Waals surface area contributed by atoms with Gasteiger partial charge < -0.3 is 9.64 Å². The van der Waals surface area contributed by atoms with Crippen LogP contribution in [-0.4, -0.2) is 23.9 Å². The second kappa shape index (κ2) is 7.74. The molecule has 0 bridgehead atoms.